The average Bonchev–Trinajstić information content (AvgIpc) is 3.10. The Hall–Kier alpha value is -1.88. The molecule has 0 spiro atoms. The Balaban J connectivity index is 1.65. The van der Waals surface area contributed by atoms with Gasteiger partial charge in [0.15, 0.2) is 5.89 Å². The number of allylic oxidation sites excluding steroid dienone is 2. The Morgan fingerprint density at radius 3 is 2.68 bits per heavy atom. The second-order valence-corrected chi connectivity index (χ2v) is 6.92. The maximum absolute atomic E-state index is 5.31. The van der Waals surface area contributed by atoms with E-state index in [9.17, 15) is 0 Å². The van der Waals surface area contributed by atoms with Crippen LogP contribution in [0.3, 0.4) is 0 Å². The third kappa shape index (κ3) is 2.03. The molecule has 2 aliphatic heterocycles. The van der Waals surface area contributed by atoms with Gasteiger partial charge in [-0.05, 0) is 51.7 Å². The second-order valence-electron chi connectivity index (χ2n) is 6.92. The van der Waals surface area contributed by atoms with Crippen LogP contribution >= 0.6 is 0 Å². The van der Waals surface area contributed by atoms with Gasteiger partial charge in [0, 0.05) is 24.7 Å². The highest BCUT2D eigenvalue weighted by Gasteiger charge is 2.46. The monoisotopic (exact) mass is 298 g/mol. The van der Waals surface area contributed by atoms with Crippen LogP contribution < -0.4 is 0 Å². The molecule has 4 rings (SSSR count). The highest BCUT2D eigenvalue weighted by Crippen LogP contribution is 2.46. The molecule has 5 nitrogen and oxygen atoms in total. The number of hydrogen-bond acceptors (Lipinski definition) is 5. The second kappa shape index (κ2) is 4.56. The van der Waals surface area contributed by atoms with Crippen LogP contribution in [0.5, 0.6) is 0 Å². The van der Waals surface area contributed by atoms with E-state index in [0.29, 0.717) is 5.89 Å². The van der Waals surface area contributed by atoms with Crippen LogP contribution in [0.2, 0.25) is 0 Å². The average molecular weight is 298 g/mol. The fourth-order valence-electron chi connectivity index (χ4n) is 3.44. The van der Waals surface area contributed by atoms with Gasteiger partial charge in [-0.3, -0.25) is 5.01 Å². The Bertz CT molecular complexity index is 706. The van der Waals surface area contributed by atoms with Gasteiger partial charge in [0.2, 0.25) is 0 Å². The van der Waals surface area contributed by atoms with E-state index in [0.717, 1.165) is 29.7 Å². The molecule has 1 aromatic heterocycles. The van der Waals surface area contributed by atoms with Crippen molar-refractivity contribution in [1.82, 2.24) is 15.0 Å². The van der Waals surface area contributed by atoms with Gasteiger partial charge < -0.3 is 4.42 Å². The van der Waals surface area contributed by atoms with E-state index < -0.39 is 0 Å². The molecular formula is C17H22N4O. The number of oxazole rings is 1. The Morgan fingerprint density at radius 1 is 1.27 bits per heavy atom. The minimum Gasteiger partial charge on any atom is -0.449 e. The molecule has 0 unspecified atom stereocenters. The lowest BCUT2D eigenvalue weighted by molar-refractivity contribution is -0.0353. The van der Waals surface area contributed by atoms with E-state index in [-0.39, 0.29) is 5.54 Å². The van der Waals surface area contributed by atoms with Crippen molar-refractivity contribution >= 4 is 5.71 Å². The van der Waals surface area contributed by atoms with E-state index in [1.165, 1.54) is 18.5 Å². The first kappa shape index (κ1) is 13.8. The van der Waals surface area contributed by atoms with Gasteiger partial charge in [-0.25, -0.2) is 15.0 Å². The zero-order valence-corrected chi connectivity index (χ0v) is 13.6. The molecule has 3 heterocycles. The summed E-state index contributed by atoms with van der Waals surface area (Å²) in [6, 6.07) is 0. The fraction of sp³-hybridized carbons (Fsp3) is 0.529. The molecule has 1 fully saturated rings. The van der Waals surface area contributed by atoms with Crippen molar-refractivity contribution in [3.05, 3.63) is 41.5 Å². The quantitative estimate of drug-likeness (QED) is 0.859. The third-order valence-corrected chi connectivity index (χ3v) is 4.94. The molecule has 0 radical (unpaired) electrons. The first-order valence-electron chi connectivity index (χ1n) is 7.94. The first-order chi connectivity index (χ1) is 10.5. The molecule has 1 aliphatic carbocycles. The molecule has 3 aliphatic rings. The lowest BCUT2D eigenvalue weighted by Crippen LogP contribution is -2.52. The van der Waals surface area contributed by atoms with Crippen LogP contribution in [0, 0.1) is 12.8 Å². The Morgan fingerprint density at radius 2 is 2.05 bits per heavy atom. The van der Waals surface area contributed by atoms with Crippen LogP contribution in [0.1, 0.15) is 45.2 Å². The van der Waals surface area contributed by atoms with E-state index >= 15 is 0 Å². The number of aliphatic imine (C=N–C) groups is 1. The molecule has 0 saturated heterocycles. The van der Waals surface area contributed by atoms with Crippen LogP contribution in [-0.2, 0) is 0 Å². The SMILES string of the molecule is CC1=CC(c2coc(C)n2)=NC2=CCN(C(C)(C)C3CC3)N12. The number of fused-ring (bicyclic) bond motifs is 1. The summed E-state index contributed by atoms with van der Waals surface area (Å²) in [5.74, 6) is 2.46. The van der Waals surface area contributed by atoms with E-state index in [1.807, 2.05) is 6.92 Å². The van der Waals surface area contributed by atoms with Gasteiger partial charge in [0.1, 0.15) is 17.8 Å². The molecular weight excluding hydrogens is 276 g/mol. The van der Waals surface area contributed by atoms with E-state index in [1.54, 1.807) is 6.26 Å². The van der Waals surface area contributed by atoms with Gasteiger partial charge in [-0.1, -0.05) is 0 Å². The summed E-state index contributed by atoms with van der Waals surface area (Å²) in [5.41, 5.74) is 3.04. The standard InChI is InChI=1S/C17H22N4O/c1-11-9-14(15-10-22-12(2)18-15)19-16-7-8-20(21(11)16)17(3,4)13-5-6-13/h7,9-10,13H,5-6,8H2,1-4H3. The minimum atomic E-state index is 0.171. The number of aryl methyl sites for hydroxylation is 1. The molecule has 0 atom stereocenters. The van der Waals surface area contributed by atoms with Crippen molar-refractivity contribution in [2.45, 2.75) is 46.1 Å². The lowest BCUT2D eigenvalue weighted by atomic mass is 9.98. The summed E-state index contributed by atoms with van der Waals surface area (Å²) in [7, 11) is 0. The van der Waals surface area contributed by atoms with Crippen molar-refractivity contribution in [1.29, 1.82) is 0 Å². The van der Waals surface area contributed by atoms with Crippen molar-refractivity contribution in [2.24, 2.45) is 10.9 Å². The number of rotatable bonds is 3. The Labute approximate surface area is 131 Å². The van der Waals surface area contributed by atoms with Crippen molar-refractivity contribution in [3.63, 3.8) is 0 Å². The summed E-state index contributed by atoms with van der Waals surface area (Å²) in [6.07, 6.45) is 8.64. The predicted molar refractivity (Wildman–Crippen MR) is 85.0 cm³/mol. The summed E-state index contributed by atoms with van der Waals surface area (Å²) in [6.45, 7) is 9.59. The van der Waals surface area contributed by atoms with Gasteiger partial charge in [-0.15, -0.1) is 0 Å². The van der Waals surface area contributed by atoms with Crippen molar-refractivity contribution in [2.75, 3.05) is 6.54 Å². The third-order valence-electron chi connectivity index (χ3n) is 4.94. The molecule has 116 valence electrons. The molecule has 0 N–H and O–H groups in total. The van der Waals surface area contributed by atoms with Crippen LogP contribution in [-0.4, -0.2) is 32.8 Å². The van der Waals surface area contributed by atoms with Crippen LogP contribution in [0.4, 0.5) is 0 Å². The lowest BCUT2D eigenvalue weighted by Gasteiger charge is -2.44. The predicted octanol–water partition coefficient (Wildman–Crippen LogP) is 3.25. The van der Waals surface area contributed by atoms with E-state index in [2.05, 4.69) is 47.9 Å². The number of nitrogens with zero attached hydrogens (tertiary/aromatic N) is 4. The highest BCUT2D eigenvalue weighted by molar-refractivity contribution is 6.08. The van der Waals surface area contributed by atoms with Gasteiger partial charge >= 0.3 is 0 Å². The minimum absolute atomic E-state index is 0.171. The summed E-state index contributed by atoms with van der Waals surface area (Å²) < 4.78 is 5.31. The van der Waals surface area contributed by atoms with Gasteiger partial charge in [0.05, 0.1) is 5.71 Å². The largest absolute Gasteiger partial charge is 0.449 e. The number of aromatic nitrogens is 1. The maximum atomic E-state index is 5.31. The maximum Gasteiger partial charge on any atom is 0.191 e. The highest BCUT2D eigenvalue weighted by atomic mass is 16.3. The topological polar surface area (TPSA) is 44.9 Å². The zero-order valence-electron chi connectivity index (χ0n) is 13.6. The van der Waals surface area contributed by atoms with Crippen LogP contribution in [0.15, 0.2) is 39.3 Å². The smallest absolute Gasteiger partial charge is 0.191 e. The van der Waals surface area contributed by atoms with Crippen LogP contribution in [0.25, 0.3) is 0 Å². The molecule has 0 bridgehead atoms. The molecule has 1 aromatic rings. The summed E-state index contributed by atoms with van der Waals surface area (Å²) in [5, 5.41) is 4.70. The zero-order chi connectivity index (χ0) is 15.5. The van der Waals surface area contributed by atoms with Gasteiger partial charge in [0.25, 0.3) is 0 Å². The molecule has 0 aromatic carbocycles. The Kier molecular flexibility index (Phi) is 2.85. The van der Waals surface area contributed by atoms with Crippen molar-refractivity contribution < 1.29 is 4.42 Å². The molecule has 5 heteroatoms. The first-order valence-corrected chi connectivity index (χ1v) is 7.94. The van der Waals surface area contributed by atoms with Gasteiger partial charge in [-0.2, -0.15) is 0 Å². The number of hydrogen-bond donors (Lipinski definition) is 0. The summed E-state index contributed by atoms with van der Waals surface area (Å²) in [4.78, 5) is 9.17. The normalized spacial score (nSPS) is 22.4. The van der Waals surface area contributed by atoms with Crippen molar-refractivity contribution in [3.8, 4) is 0 Å². The fourth-order valence-corrected chi connectivity index (χ4v) is 3.44. The van der Waals surface area contributed by atoms with E-state index in [4.69, 9.17) is 9.41 Å². The summed E-state index contributed by atoms with van der Waals surface area (Å²) >= 11 is 0. The number of hydrazine groups is 1. The molecule has 0 amide bonds. The molecule has 1 saturated carbocycles. The molecule has 22 heavy (non-hydrogen) atoms.